The van der Waals surface area contributed by atoms with Crippen molar-refractivity contribution >= 4 is 27.1 Å². The Bertz CT molecular complexity index is 1060. The molecule has 0 bridgehead atoms. The summed E-state index contributed by atoms with van der Waals surface area (Å²) in [6.07, 6.45) is -1.61. The molecule has 0 aliphatic rings. The summed E-state index contributed by atoms with van der Waals surface area (Å²) in [7, 11) is -2.45. The fourth-order valence-electron chi connectivity index (χ4n) is 2.50. The highest BCUT2D eigenvalue weighted by atomic mass is 32.2. The van der Waals surface area contributed by atoms with Crippen LogP contribution in [-0.4, -0.2) is 41.7 Å². The molecule has 1 atom stereocenters. The molecule has 136 valence electrons. The smallest absolute Gasteiger partial charge is 0.418 e. The topological polar surface area (TPSA) is 123 Å². The second kappa shape index (κ2) is 6.64. The summed E-state index contributed by atoms with van der Waals surface area (Å²) in [5.41, 5.74) is 2.58. The summed E-state index contributed by atoms with van der Waals surface area (Å²) >= 11 is 0. The molecule has 0 radical (unpaired) electrons. The number of rotatable bonds is 5. The second-order valence-corrected chi connectivity index (χ2v) is 7.54. The van der Waals surface area contributed by atoms with Gasteiger partial charge in [0.15, 0.2) is 0 Å². The molecule has 0 spiro atoms. The number of sulfonamides is 1. The lowest BCUT2D eigenvalue weighted by molar-refractivity contribution is 0.201. The number of carbonyl (C=O) groups is 1. The highest BCUT2D eigenvalue weighted by Crippen LogP contribution is 2.24. The van der Waals surface area contributed by atoms with Crippen LogP contribution in [0.1, 0.15) is 17.7 Å². The third-order valence-corrected chi connectivity index (χ3v) is 5.62. The SMILES string of the molecule is COc1ccc2c(c1)nnn2-c1ccc([C@H](C)S(=O)(=O)NC(=O)O)cc1. The van der Waals surface area contributed by atoms with Crippen LogP contribution in [0.2, 0.25) is 0 Å². The third kappa shape index (κ3) is 3.31. The fourth-order valence-corrected chi connectivity index (χ4v) is 3.43. The molecule has 0 saturated carbocycles. The number of ether oxygens (including phenoxy) is 1. The summed E-state index contributed by atoms with van der Waals surface area (Å²) in [5, 5.41) is 15.8. The van der Waals surface area contributed by atoms with Crippen molar-refractivity contribution in [3.05, 3.63) is 48.0 Å². The van der Waals surface area contributed by atoms with Crippen LogP contribution < -0.4 is 9.46 Å². The van der Waals surface area contributed by atoms with Crippen LogP contribution in [0.5, 0.6) is 5.75 Å². The van der Waals surface area contributed by atoms with E-state index < -0.39 is 21.4 Å². The Morgan fingerprint density at radius 3 is 2.54 bits per heavy atom. The first kappa shape index (κ1) is 17.7. The molecule has 2 N–H and O–H groups in total. The first-order chi connectivity index (χ1) is 12.3. The van der Waals surface area contributed by atoms with Gasteiger partial charge in [0.05, 0.1) is 18.3 Å². The average Bonchev–Trinajstić information content (AvgIpc) is 3.03. The van der Waals surface area contributed by atoms with Gasteiger partial charge in [0.25, 0.3) is 0 Å². The van der Waals surface area contributed by atoms with E-state index in [9.17, 15) is 13.2 Å². The van der Waals surface area contributed by atoms with Crippen molar-refractivity contribution in [1.82, 2.24) is 19.7 Å². The van der Waals surface area contributed by atoms with E-state index in [0.29, 0.717) is 22.5 Å². The Labute approximate surface area is 149 Å². The molecule has 3 aromatic rings. The minimum absolute atomic E-state index is 0.452. The van der Waals surface area contributed by atoms with Crippen molar-refractivity contribution in [1.29, 1.82) is 0 Å². The van der Waals surface area contributed by atoms with Crippen molar-refractivity contribution in [2.75, 3.05) is 7.11 Å². The Morgan fingerprint density at radius 1 is 1.23 bits per heavy atom. The van der Waals surface area contributed by atoms with Gasteiger partial charge in [-0.05, 0) is 36.8 Å². The Morgan fingerprint density at radius 2 is 1.92 bits per heavy atom. The van der Waals surface area contributed by atoms with Gasteiger partial charge in [-0.1, -0.05) is 17.3 Å². The van der Waals surface area contributed by atoms with E-state index in [4.69, 9.17) is 9.84 Å². The largest absolute Gasteiger partial charge is 0.497 e. The lowest BCUT2D eigenvalue weighted by Gasteiger charge is -2.13. The van der Waals surface area contributed by atoms with E-state index in [1.54, 1.807) is 52.9 Å². The summed E-state index contributed by atoms with van der Waals surface area (Å²) in [5.74, 6) is 0.671. The molecule has 0 saturated heterocycles. The second-order valence-electron chi connectivity index (χ2n) is 5.54. The number of hydrogen-bond acceptors (Lipinski definition) is 6. The number of benzene rings is 2. The number of hydrogen-bond donors (Lipinski definition) is 2. The van der Waals surface area contributed by atoms with Crippen LogP contribution in [0.25, 0.3) is 16.7 Å². The van der Waals surface area contributed by atoms with E-state index in [2.05, 4.69) is 10.3 Å². The quantitative estimate of drug-likeness (QED) is 0.699. The van der Waals surface area contributed by atoms with E-state index in [1.807, 2.05) is 6.07 Å². The van der Waals surface area contributed by atoms with Gasteiger partial charge in [-0.25, -0.2) is 22.6 Å². The minimum Gasteiger partial charge on any atom is -0.497 e. The molecule has 1 heterocycles. The maximum Gasteiger partial charge on any atom is 0.418 e. The number of nitrogens with one attached hydrogen (secondary N) is 1. The Kier molecular flexibility index (Phi) is 4.51. The zero-order valence-corrected chi connectivity index (χ0v) is 14.8. The summed E-state index contributed by atoms with van der Waals surface area (Å²) < 4.78 is 32.2. The molecular formula is C16H16N4O5S. The zero-order chi connectivity index (χ0) is 18.9. The van der Waals surface area contributed by atoms with Crippen LogP contribution in [0.4, 0.5) is 4.79 Å². The number of carboxylic acid groups (broad SMARTS) is 1. The van der Waals surface area contributed by atoms with E-state index in [0.717, 1.165) is 5.52 Å². The number of fused-ring (bicyclic) bond motifs is 1. The number of methoxy groups -OCH3 is 1. The summed E-state index contributed by atoms with van der Waals surface area (Å²) in [4.78, 5) is 10.6. The normalized spacial score (nSPS) is 12.7. The van der Waals surface area contributed by atoms with Gasteiger partial charge in [-0.2, -0.15) is 0 Å². The molecule has 1 aromatic heterocycles. The number of amides is 1. The Hall–Kier alpha value is -3.14. The maximum atomic E-state index is 12.0. The van der Waals surface area contributed by atoms with Gasteiger partial charge in [0, 0.05) is 6.07 Å². The predicted molar refractivity (Wildman–Crippen MR) is 93.9 cm³/mol. The molecule has 0 unspecified atom stereocenters. The number of aromatic nitrogens is 3. The van der Waals surface area contributed by atoms with E-state index in [1.165, 1.54) is 6.92 Å². The lowest BCUT2D eigenvalue weighted by atomic mass is 10.1. The monoisotopic (exact) mass is 376 g/mol. The third-order valence-electron chi connectivity index (χ3n) is 3.95. The van der Waals surface area contributed by atoms with E-state index in [-0.39, 0.29) is 0 Å². The van der Waals surface area contributed by atoms with Crippen molar-refractivity contribution in [2.24, 2.45) is 0 Å². The molecule has 10 heteroatoms. The van der Waals surface area contributed by atoms with Crippen LogP contribution in [-0.2, 0) is 10.0 Å². The molecule has 26 heavy (non-hydrogen) atoms. The van der Waals surface area contributed by atoms with Crippen molar-refractivity contribution in [3.8, 4) is 11.4 Å². The van der Waals surface area contributed by atoms with Crippen molar-refractivity contribution < 1.29 is 23.1 Å². The predicted octanol–water partition coefficient (Wildman–Crippen LogP) is 2.09. The number of nitrogens with zero attached hydrogens (tertiary/aromatic N) is 3. The first-order valence-electron chi connectivity index (χ1n) is 7.56. The van der Waals surface area contributed by atoms with Crippen molar-refractivity contribution in [2.45, 2.75) is 12.2 Å². The highest BCUT2D eigenvalue weighted by Gasteiger charge is 2.24. The van der Waals surface area contributed by atoms with Gasteiger partial charge in [0.1, 0.15) is 16.5 Å². The van der Waals surface area contributed by atoms with Crippen molar-refractivity contribution in [3.63, 3.8) is 0 Å². The molecule has 3 rings (SSSR count). The van der Waals surface area contributed by atoms with Gasteiger partial charge >= 0.3 is 6.09 Å². The summed E-state index contributed by atoms with van der Waals surface area (Å²) in [6.45, 7) is 1.41. The van der Waals surface area contributed by atoms with Gasteiger partial charge in [-0.3, -0.25) is 0 Å². The molecule has 9 nitrogen and oxygen atoms in total. The van der Waals surface area contributed by atoms with Crippen LogP contribution in [0.15, 0.2) is 42.5 Å². The fraction of sp³-hybridized carbons (Fsp3) is 0.188. The van der Waals surface area contributed by atoms with Crippen LogP contribution in [0, 0.1) is 0 Å². The maximum absolute atomic E-state index is 12.0. The average molecular weight is 376 g/mol. The van der Waals surface area contributed by atoms with Gasteiger partial charge in [-0.15, -0.1) is 5.10 Å². The standard InChI is InChI=1S/C16H16N4O5S/c1-10(26(23,24)18-16(21)22)11-3-5-12(6-4-11)20-15-8-7-13(25-2)9-14(15)17-19-20/h3-10,18H,1-2H3,(H,21,22)/t10-/m0/s1. The molecule has 0 aliphatic heterocycles. The molecular weight excluding hydrogens is 360 g/mol. The van der Waals surface area contributed by atoms with Gasteiger partial charge < -0.3 is 9.84 Å². The molecule has 2 aromatic carbocycles. The molecule has 1 amide bonds. The molecule has 0 fully saturated rings. The van der Waals surface area contributed by atoms with Crippen LogP contribution >= 0.6 is 0 Å². The first-order valence-corrected chi connectivity index (χ1v) is 9.11. The minimum atomic E-state index is -4.02. The Balaban J connectivity index is 1.92. The highest BCUT2D eigenvalue weighted by molar-refractivity contribution is 7.90. The van der Waals surface area contributed by atoms with Crippen LogP contribution in [0.3, 0.4) is 0 Å². The molecule has 0 aliphatic carbocycles. The zero-order valence-electron chi connectivity index (χ0n) is 13.9. The summed E-state index contributed by atoms with van der Waals surface area (Å²) in [6, 6.07) is 12.0. The van der Waals surface area contributed by atoms with E-state index >= 15 is 0 Å². The van der Waals surface area contributed by atoms with Gasteiger partial charge in [0.2, 0.25) is 10.0 Å². The lowest BCUT2D eigenvalue weighted by Crippen LogP contribution is -2.32.